The number of hydrogen-bond acceptors (Lipinski definition) is 4. The van der Waals surface area contributed by atoms with Gasteiger partial charge in [-0.15, -0.1) is 5.06 Å². The van der Waals surface area contributed by atoms with Gasteiger partial charge < -0.3 is 5.32 Å². The predicted octanol–water partition coefficient (Wildman–Crippen LogP) is 3.97. The molecule has 2 aromatic rings. The highest BCUT2D eigenvalue weighted by molar-refractivity contribution is 6.18. The Hall–Kier alpha value is -2.99. The molecule has 6 heteroatoms. The SMILES string of the molecule is CCCCCCCNC(=O)C1C(=O)N(OCc2ccccc2)C(=O)c2ccccc21. The second kappa shape index (κ2) is 10.7. The number of imide groups is 1. The Bertz CT molecular complexity index is 882. The summed E-state index contributed by atoms with van der Waals surface area (Å²) in [4.78, 5) is 44.3. The Kier molecular flexibility index (Phi) is 7.74. The van der Waals surface area contributed by atoms with Crippen LogP contribution in [0.25, 0.3) is 0 Å². The molecule has 0 radical (unpaired) electrons. The van der Waals surface area contributed by atoms with E-state index in [0.29, 0.717) is 17.7 Å². The van der Waals surface area contributed by atoms with Crippen molar-refractivity contribution in [3.05, 3.63) is 71.3 Å². The van der Waals surface area contributed by atoms with Gasteiger partial charge >= 0.3 is 0 Å². The Balaban J connectivity index is 1.71. The normalized spacial score (nSPS) is 15.8. The molecule has 1 N–H and O–H groups in total. The molecule has 0 bridgehead atoms. The summed E-state index contributed by atoms with van der Waals surface area (Å²) in [6.07, 6.45) is 5.37. The molecule has 30 heavy (non-hydrogen) atoms. The lowest BCUT2D eigenvalue weighted by molar-refractivity contribution is -0.177. The summed E-state index contributed by atoms with van der Waals surface area (Å²) in [5.74, 6) is -2.69. The van der Waals surface area contributed by atoms with Gasteiger partial charge in [-0.05, 0) is 23.6 Å². The zero-order valence-electron chi connectivity index (χ0n) is 17.3. The molecule has 1 aliphatic heterocycles. The van der Waals surface area contributed by atoms with Crippen molar-refractivity contribution in [3.8, 4) is 0 Å². The zero-order valence-corrected chi connectivity index (χ0v) is 17.3. The first-order valence-corrected chi connectivity index (χ1v) is 10.5. The number of nitrogens with one attached hydrogen (secondary N) is 1. The third kappa shape index (κ3) is 5.13. The lowest BCUT2D eigenvalue weighted by Gasteiger charge is -2.30. The smallest absolute Gasteiger partial charge is 0.285 e. The Labute approximate surface area is 177 Å². The minimum Gasteiger partial charge on any atom is -0.355 e. The number of carbonyl (C=O) groups excluding carboxylic acids is 3. The van der Waals surface area contributed by atoms with Gasteiger partial charge in [-0.2, -0.15) is 0 Å². The highest BCUT2D eigenvalue weighted by atomic mass is 16.7. The van der Waals surface area contributed by atoms with Crippen LogP contribution in [0.5, 0.6) is 0 Å². The lowest BCUT2D eigenvalue weighted by atomic mass is 9.88. The summed E-state index contributed by atoms with van der Waals surface area (Å²) in [6.45, 7) is 2.72. The van der Waals surface area contributed by atoms with Gasteiger partial charge in [-0.1, -0.05) is 81.1 Å². The van der Waals surface area contributed by atoms with E-state index in [-0.39, 0.29) is 6.61 Å². The number of fused-ring (bicyclic) bond motifs is 1. The van der Waals surface area contributed by atoms with E-state index in [2.05, 4.69) is 12.2 Å². The van der Waals surface area contributed by atoms with Crippen molar-refractivity contribution in [2.45, 2.75) is 51.6 Å². The van der Waals surface area contributed by atoms with Crippen LogP contribution in [0.3, 0.4) is 0 Å². The average Bonchev–Trinajstić information content (AvgIpc) is 2.77. The summed E-state index contributed by atoms with van der Waals surface area (Å²) in [7, 11) is 0. The number of hydroxylamine groups is 2. The van der Waals surface area contributed by atoms with Crippen LogP contribution in [-0.4, -0.2) is 29.3 Å². The summed E-state index contributed by atoms with van der Waals surface area (Å²) >= 11 is 0. The molecule has 3 amide bonds. The van der Waals surface area contributed by atoms with Crippen LogP contribution in [-0.2, 0) is 21.0 Å². The van der Waals surface area contributed by atoms with Crippen LogP contribution >= 0.6 is 0 Å². The second-order valence-corrected chi connectivity index (χ2v) is 7.42. The fourth-order valence-electron chi connectivity index (χ4n) is 3.53. The monoisotopic (exact) mass is 408 g/mol. The summed E-state index contributed by atoms with van der Waals surface area (Å²) in [5, 5.41) is 3.59. The minimum atomic E-state index is -1.09. The predicted molar refractivity (Wildman–Crippen MR) is 113 cm³/mol. The summed E-state index contributed by atoms with van der Waals surface area (Å²) < 4.78 is 0. The maximum absolute atomic E-state index is 13.1. The molecular weight excluding hydrogens is 380 g/mol. The van der Waals surface area contributed by atoms with Gasteiger partial charge in [0, 0.05) is 12.1 Å². The molecule has 0 aliphatic carbocycles. The van der Waals surface area contributed by atoms with E-state index in [9.17, 15) is 14.4 Å². The van der Waals surface area contributed by atoms with E-state index in [1.54, 1.807) is 24.3 Å². The first kappa shape index (κ1) is 21.7. The summed E-state index contributed by atoms with van der Waals surface area (Å²) in [5.41, 5.74) is 1.56. The first-order valence-electron chi connectivity index (χ1n) is 10.5. The highest BCUT2D eigenvalue weighted by Gasteiger charge is 2.43. The molecule has 1 aliphatic rings. The van der Waals surface area contributed by atoms with Crippen LogP contribution in [0.4, 0.5) is 0 Å². The third-order valence-electron chi connectivity index (χ3n) is 5.18. The maximum atomic E-state index is 13.1. The fourth-order valence-corrected chi connectivity index (χ4v) is 3.53. The molecule has 1 atom stereocenters. The van der Waals surface area contributed by atoms with Crippen LogP contribution < -0.4 is 5.32 Å². The zero-order chi connectivity index (χ0) is 21.3. The Morgan fingerprint density at radius 3 is 2.43 bits per heavy atom. The second-order valence-electron chi connectivity index (χ2n) is 7.42. The average molecular weight is 408 g/mol. The number of unbranched alkanes of at least 4 members (excludes halogenated alkanes) is 4. The van der Waals surface area contributed by atoms with Crippen molar-refractivity contribution >= 4 is 17.7 Å². The van der Waals surface area contributed by atoms with E-state index in [0.717, 1.165) is 36.3 Å². The Morgan fingerprint density at radius 1 is 0.967 bits per heavy atom. The van der Waals surface area contributed by atoms with E-state index < -0.39 is 23.6 Å². The fraction of sp³-hybridized carbons (Fsp3) is 0.375. The molecule has 158 valence electrons. The van der Waals surface area contributed by atoms with Crippen molar-refractivity contribution < 1.29 is 19.2 Å². The van der Waals surface area contributed by atoms with Crippen molar-refractivity contribution in [1.29, 1.82) is 0 Å². The van der Waals surface area contributed by atoms with Gasteiger partial charge in [-0.25, -0.2) is 0 Å². The van der Waals surface area contributed by atoms with Gasteiger partial charge in [0.1, 0.15) is 12.5 Å². The van der Waals surface area contributed by atoms with E-state index in [1.807, 2.05) is 30.3 Å². The standard InChI is InChI=1S/C24H28N2O4/c1-2-3-4-5-11-16-25-22(27)21-19-14-9-10-15-20(19)23(28)26(24(21)29)30-17-18-12-7-6-8-13-18/h6-10,12-15,21H,2-5,11,16-17H2,1H3,(H,25,27). The van der Waals surface area contributed by atoms with Crippen molar-refractivity contribution in [1.82, 2.24) is 10.4 Å². The molecular formula is C24H28N2O4. The Morgan fingerprint density at radius 2 is 1.67 bits per heavy atom. The topological polar surface area (TPSA) is 75.7 Å². The molecule has 0 saturated carbocycles. The van der Waals surface area contributed by atoms with Gasteiger partial charge in [0.05, 0.1) is 0 Å². The molecule has 0 aromatic heterocycles. The van der Waals surface area contributed by atoms with E-state index in [4.69, 9.17) is 4.84 Å². The van der Waals surface area contributed by atoms with Crippen LogP contribution in [0.15, 0.2) is 54.6 Å². The molecule has 2 aromatic carbocycles. The molecule has 0 spiro atoms. The molecule has 1 heterocycles. The van der Waals surface area contributed by atoms with Crippen molar-refractivity contribution in [2.24, 2.45) is 0 Å². The van der Waals surface area contributed by atoms with Gasteiger partial charge in [-0.3, -0.25) is 19.2 Å². The first-order chi connectivity index (χ1) is 14.6. The largest absolute Gasteiger partial charge is 0.355 e. The van der Waals surface area contributed by atoms with Crippen molar-refractivity contribution in [3.63, 3.8) is 0 Å². The molecule has 3 rings (SSSR count). The van der Waals surface area contributed by atoms with E-state index >= 15 is 0 Å². The minimum absolute atomic E-state index is 0.0618. The van der Waals surface area contributed by atoms with E-state index in [1.165, 1.54) is 6.42 Å². The third-order valence-corrected chi connectivity index (χ3v) is 5.18. The lowest BCUT2D eigenvalue weighted by Crippen LogP contribution is -2.49. The number of nitrogens with zero attached hydrogens (tertiary/aromatic N) is 1. The number of amides is 3. The van der Waals surface area contributed by atoms with Gasteiger partial charge in [0.2, 0.25) is 5.91 Å². The quantitative estimate of drug-likeness (QED) is 0.367. The maximum Gasteiger partial charge on any atom is 0.285 e. The number of benzene rings is 2. The number of hydrogen-bond donors (Lipinski definition) is 1. The number of carbonyl (C=O) groups is 3. The molecule has 1 unspecified atom stereocenters. The number of rotatable bonds is 10. The highest BCUT2D eigenvalue weighted by Crippen LogP contribution is 2.30. The van der Waals surface area contributed by atoms with Crippen LogP contribution in [0.2, 0.25) is 0 Å². The molecule has 0 fully saturated rings. The van der Waals surface area contributed by atoms with Crippen molar-refractivity contribution in [2.75, 3.05) is 6.54 Å². The van der Waals surface area contributed by atoms with Gasteiger partial charge in [0.15, 0.2) is 0 Å². The summed E-state index contributed by atoms with van der Waals surface area (Å²) in [6, 6.07) is 16.0. The van der Waals surface area contributed by atoms with Crippen LogP contribution in [0.1, 0.15) is 66.4 Å². The molecule has 6 nitrogen and oxygen atoms in total. The van der Waals surface area contributed by atoms with Gasteiger partial charge in [0.25, 0.3) is 11.8 Å². The van der Waals surface area contributed by atoms with Crippen LogP contribution in [0, 0.1) is 0 Å². The molecule has 0 saturated heterocycles.